The van der Waals surface area contributed by atoms with E-state index in [0.717, 1.165) is 0 Å². The normalized spacial score (nSPS) is 10.3. The molecular weight excluding hydrogens is 219 g/mol. The fraction of sp³-hybridized carbons (Fsp3) is 0.100. The van der Waals surface area contributed by atoms with E-state index in [4.69, 9.17) is 16.3 Å². The van der Waals surface area contributed by atoms with Gasteiger partial charge in [0.25, 0.3) is 0 Å². The molecule has 77 valence electrons. The Bertz CT molecular complexity index is 484. The molecule has 1 aromatic carbocycles. The third-order valence-corrected chi connectivity index (χ3v) is 2.11. The standard InChI is InChI=1S/C10H7ClFN2O/c1-15-8-4-2-3-7(12)10(8)14-5-9(11)13-6-14/h3-6H,1H3. The van der Waals surface area contributed by atoms with Crippen molar-refractivity contribution in [2.24, 2.45) is 0 Å². The molecular formula is C10H7ClFN2O. The van der Waals surface area contributed by atoms with Crippen molar-refractivity contribution >= 4 is 11.6 Å². The first-order chi connectivity index (χ1) is 7.22. The first kappa shape index (κ1) is 9.98. The van der Waals surface area contributed by atoms with Crippen molar-refractivity contribution in [2.75, 3.05) is 7.11 Å². The molecule has 15 heavy (non-hydrogen) atoms. The van der Waals surface area contributed by atoms with Crippen molar-refractivity contribution in [1.82, 2.24) is 9.55 Å². The van der Waals surface area contributed by atoms with Crippen LogP contribution in [-0.4, -0.2) is 16.7 Å². The van der Waals surface area contributed by atoms with Crippen molar-refractivity contribution in [3.8, 4) is 11.4 Å². The van der Waals surface area contributed by atoms with Crippen molar-refractivity contribution < 1.29 is 9.13 Å². The maximum Gasteiger partial charge on any atom is 0.151 e. The van der Waals surface area contributed by atoms with Gasteiger partial charge in [0.2, 0.25) is 0 Å². The zero-order valence-electron chi connectivity index (χ0n) is 7.87. The molecule has 0 bridgehead atoms. The van der Waals surface area contributed by atoms with E-state index < -0.39 is 5.82 Å². The molecule has 0 saturated heterocycles. The summed E-state index contributed by atoms with van der Waals surface area (Å²) in [5.74, 6) is -0.0625. The summed E-state index contributed by atoms with van der Waals surface area (Å²) in [6.45, 7) is 0. The number of benzene rings is 1. The maximum absolute atomic E-state index is 13.5. The van der Waals surface area contributed by atoms with Gasteiger partial charge in [-0.15, -0.1) is 0 Å². The van der Waals surface area contributed by atoms with E-state index in [-0.39, 0.29) is 5.69 Å². The van der Waals surface area contributed by atoms with Gasteiger partial charge in [-0.25, -0.2) is 9.37 Å². The average Bonchev–Trinajstić information content (AvgIpc) is 2.64. The number of rotatable bonds is 2. The van der Waals surface area contributed by atoms with Crippen molar-refractivity contribution in [3.05, 3.63) is 41.7 Å². The Morgan fingerprint density at radius 2 is 2.33 bits per heavy atom. The highest BCUT2D eigenvalue weighted by molar-refractivity contribution is 6.29. The minimum Gasteiger partial charge on any atom is -0.494 e. The van der Waals surface area contributed by atoms with Crippen LogP contribution in [0.1, 0.15) is 0 Å². The summed E-state index contributed by atoms with van der Waals surface area (Å²) < 4.78 is 20.0. The van der Waals surface area contributed by atoms with Crippen LogP contribution in [0.3, 0.4) is 0 Å². The molecule has 0 spiro atoms. The van der Waals surface area contributed by atoms with E-state index >= 15 is 0 Å². The van der Waals surface area contributed by atoms with Crippen molar-refractivity contribution in [2.45, 2.75) is 0 Å². The van der Waals surface area contributed by atoms with Crippen LogP contribution < -0.4 is 4.74 Å². The van der Waals surface area contributed by atoms with E-state index in [1.54, 1.807) is 6.07 Å². The van der Waals surface area contributed by atoms with Gasteiger partial charge in [-0.3, -0.25) is 4.57 Å². The van der Waals surface area contributed by atoms with Gasteiger partial charge >= 0.3 is 0 Å². The van der Waals surface area contributed by atoms with Gasteiger partial charge in [0, 0.05) is 6.20 Å². The Hall–Kier alpha value is -1.55. The quantitative estimate of drug-likeness (QED) is 0.785. The Morgan fingerprint density at radius 1 is 1.53 bits per heavy atom. The van der Waals surface area contributed by atoms with E-state index in [0.29, 0.717) is 10.9 Å². The number of imidazole rings is 1. The summed E-state index contributed by atoms with van der Waals surface area (Å²) in [4.78, 5) is 3.81. The fourth-order valence-corrected chi connectivity index (χ4v) is 1.42. The third-order valence-electron chi connectivity index (χ3n) is 1.91. The summed E-state index contributed by atoms with van der Waals surface area (Å²) in [6, 6.07) is 5.41. The third kappa shape index (κ3) is 1.80. The van der Waals surface area contributed by atoms with Crippen LogP contribution in [-0.2, 0) is 0 Å². The Kier molecular flexibility index (Phi) is 2.60. The Morgan fingerprint density at radius 3 is 2.93 bits per heavy atom. The van der Waals surface area contributed by atoms with Crippen LogP contribution in [0, 0.1) is 11.9 Å². The van der Waals surface area contributed by atoms with Gasteiger partial charge in [0.1, 0.15) is 22.9 Å². The highest BCUT2D eigenvalue weighted by Crippen LogP contribution is 2.25. The number of nitrogens with zero attached hydrogens (tertiary/aromatic N) is 2. The molecule has 1 aromatic heterocycles. The fourth-order valence-electron chi connectivity index (χ4n) is 1.27. The number of methoxy groups -OCH3 is 1. The van der Waals surface area contributed by atoms with Crippen LogP contribution in [0.5, 0.6) is 5.75 Å². The lowest BCUT2D eigenvalue weighted by Crippen LogP contribution is -1.98. The van der Waals surface area contributed by atoms with Crippen LogP contribution in [0.15, 0.2) is 24.7 Å². The highest BCUT2D eigenvalue weighted by Gasteiger charge is 2.11. The highest BCUT2D eigenvalue weighted by atomic mass is 35.5. The van der Waals surface area contributed by atoms with E-state index in [9.17, 15) is 4.39 Å². The molecule has 0 amide bonds. The average molecular weight is 226 g/mol. The van der Waals surface area contributed by atoms with Gasteiger partial charge in [-0.2, -0.15) is 0 Å². The first-order valence-corrected chi connectivity index (χ1v) is 4.53. The minimum absolute atomic E-state index is 0.274. The van der Waals surface area contributed by atoms with Crippen molar-refractivity contribution in [1.29, 1.82) is 0 Å². The second-order valence-corrected chi connectivity index (χ2v) is 3.21. The summed E-state index contributed by atoms with van der Waals surface area (Å²) in [5, 5.41) is 0.296. The zero-order chi connectivity index (χ0) is 10.8. The molecule has 0 saturated carbocycles. The van der Waals surface area contributed by atoms with Crippen LogP contribution in [0.4, 0.5) is 4.39 Å². The lowest BCUT2D eigenvalue weighted by Gasteiger charge is -2.08. The molecule has 2 rings (SSSR count). The second kappa shape index (κ2) is 3.90. The molecule has 1 heterocycles. The molecule has 5 heteroatoms. The minimum atomic E-state index is -0.441. The van der Waals surface area contributed by atoms with Gasteiger partial charge < -0.3 is 4.74 Å². The van der Waals surface area contributed by atoms with Crippen LogP contribution in [0.25, 0.3) is 5.69 Å². The predicted molar refractivity (Wildman–Crippen MR) is 53.9 cm³/mol. The summed E-state index contributed by atoms with van der Waals surface area (Å²) in [6.07, 6.45) is 2.92. The molecule has 0 aliphatic carbocycles. The lowest BCUT2D eigenvalue weighted by molar-refractivity contribution is 0.408. The monoisotopic (exact) mass is 225 g/mol. The topological polar surface area (TPSA) is 27.1 Å². The molecule has 0 aliphatic rings. The lowest BCUT2D eigenvalue weighted by atomic mass is 10.3. The first-order valence-electron chi connectivity index (χ1n) is 4.16. The largest absolute Gasteiger partial charge is 0.494 e. The summed E-state index contributed by atoms with van der Waals surface area (Å²) in [7, 11) is 1.46. The Labute approximate surface area is 91.1 Å². The summed E-state index contributed by atoms with van der Waals surface area (Å²) >= 11 is 5.66. The van der Waals surface area contributed by atoms with Gasteiger partial charge in [-0.1, -0.05) is 11.6 Å². The second-order valence-electron chi connectivity index (χ2n) is 2.82. The van der Waals surface area contributed by atoms with E-state index in [1.807, 2.05) is 0 Å². The molecule has 0 N–H and O–H groups in total. The number of hydrogen-bond acceptors (Lipinski definition) is 2. The molecule has 0 fully saturated rings. The number of hydrogen-bond donors (Lipinski definition) is 0. The SMILES string of the molecule is COc1c[c]cc(F)c1-n1cnc(Cl)c1. The Balaban J connectivity index is 2.60. The number of ether oxygens (including phenoxy) is 1. The number of aromatic nitrogens is 2. The van der Waals surface area contributed by atoms with Gasteiger partial charge in [-0.05, 0) is 18.2 Å². The number of halogens is 2. The molecule has 2 aromatic rings. The molecule has 0 aliphatic heterocycles. The zero-order valence-corrected chi connectivity index (χ0v) is 8.62. The van der Waals surface area contributed by atoms with Crippen molar-refractivity contribution in [3.63, 3.8) is 0 Å². The molecule has 0 atom stereocenters. The molecule has 1 radical (unpaired) electrons. The summed E-state index contributed by atoms with van der Waals surface area (Å²) in [5.41, 5.74) is 0.274. The maximum atomic E-state index is 13.5. The van der Waals surface area contributed by atoms with E-state index in [1.165, 1.54) is 30.3 Å². The molecule has 0 unspecified atom stereocenters. The van der Waals surface area contributed by atoms with E-state index in [2.05, 4.69) is 11.1 Å². The predicted octanol–water partition coefficient (Wildman–Crippen LogP) is 2.47. The smallest absolute Gasteiger partial charge is 0.151 e. The molecule has 3 nitrogen and oxygen atoms in total. The van der Waals surface area contributed by atoms with Gasteiger partial charge in [0.05, 0.1) is 7.11 Å². The van der Waals surface area contributed by atoms with Crippen LogP contribution >= 0.6 is 11.6 Å². The van der Waals surface area contributed by atoms with Crippen LogP contribution in [0.2, 0.25) is 5.15 Å². The van der Waals surface area contributed by atoms with Gasteiger partial charge in [0.15, 0.2) is 5.82 Å².